The number of carbonyl (C=O) groups is 2. The fourth-order valence-corrected chi connectivity index (χ4v) is 3.71. The highest BCUT2D eigenvalue weighted by Crippen LogP contribution is 2.35. The predicted octanol–water partition coefficient (Wildman–Crippen LogP) is 3.30. The average molecular weight is 380 g/mol. The van der Waals surface area contributed by atoms with Gasteiger partial charge >= 0.3 is 5.97 Å². The molecule has 0 spiro atoms. The van der Waals surface area contributed by atoms with E-state index in [0.29, 0.717) is 16.9 Å². The van der Waals surface area contributed by atoms with Gasteiger partial charge in [0.1, 0.15) is 10.4 Å². The Morgan fingerprint density at radius 3 is 2.48 bits per heavy atom. The Morgan fingerprint density at radius 1 is 1.40 bits per heavy atom. The molecule has 0 aliphatic carbocycles. The molecule has 2 rings (SSSR count). The molecule has 0 radical (unpaired) electrons. The lowest BCUT2D eigenvalue weighted by Crippen LogP contribution is -2.44. The Labute approximate surface area is 153 Å². The molecule has 1 aliphatic heterocycles. The van der Waals surface area contributed by atoms with Gasteiger partial charge in [0.05, 0.1) is 9.83 Å². The van der Waals surface area contributed by atoms with E-state index in [4.69, 9.17) is 12.2 Å². The number of amides is 1. The summed E-state index contributed by atoms with van der Waals surface area (Å²) in [5, 5.41) is 20.1. The lowest BCUT2D eigenvalue weighted by Gasteiger charge is -2.24. The molecule has 0 saturated carbocycles. The topological polar surface area (TPSA) is 101 Å². The quantitative estimate of drug-likeness (QED) is 0.350. The number of carboxylic acids is 1. The zero-order valence-corrected chi connectivity index (χ0v) is 15.2. The molecule has 7 nitrogen and oxygen atoms in total. The van der Waals surface area contributed by atoms with Crippen molar-refractivity contribution in [3.63, 3.8) is 0 Å². The van der Waals surface area contributed by atoms with Crippen molar-refractivity contribution >= 4 is 51.9 Å². The number of thioether (sulfide) groups is 1. The first kappa shape index (κ1) is 19.1. The van der Waals surface area contributed by atoms with Gasteiger partial charge in [-0.05, 0) is 36.1 Å². The number of nitro benzene ring substituents is 1. The maximum absolute atomic E-state index is 12.6. The number of thiocarbonyl (C=S) groups is 1. The second kappa shape index (κ2) is 7.75. The van der Waals surface area contributed by atoms with E-state index in [9.17, 15) is 24.8 Å². The first-order valence-corrected chi connectivity index (χ1v) is 8.67. The highest BCUT2D eigenvalue weighted by Gasteiger charge is 2.40. The third kappa shape index (κ3) is 4.43. The number of non-ortho nitro benzene ring substituents is 1. The van der Waals surface area contributed by atoms with Gasteiger partial charge in [-0.1, -0.05) is 37.8 Å². The monoisotopic (exact) mass is 380 g/mol. The maximum Gasteiger partial charge on any atom is 0.326 e. The van der Waals surface area contributed by atoms with Gasteiger partial charge in [0.2, 0.25) is 0 Å². The van der Waals surface area contributed by atoms with Crippen LogP contribution in [0.25, 0.3) is 6.08 Å². The zero-order chi connectivity index (χ0) is 18.7. The van der Waals surface area contributed by atoms with Crippen molar-refractivity contribution in [2.75, 3.05) is 0 Å². The largest absolute Gasteiger partial charge is 0.480 e. The summed E-state index contributed by atoms with van der Waals surface area (Å²) in [6.07, 6.45) is 1.85. The second-order valence-corrected chi connectivity index (χ2v) is 7.56. The Kier molecular flexibility index (Phi) is 5.91. The minimum atomic E-state index is -1.10. The van der Waals surface area contributed by atoms with Crippen LogP contribution in [0.5, 0.6) is 0 Å². The number of carboxylic acid groups (broad SMARTS) is 1. The summed E-state index contributed by atoms with van der Waals surface area (Å²) < 4.78 is 0.200. The fraction of sp³-hybridized carbons (Fsp3) is 0.312. The Bertz CT molecular complexity index is 758. The van der Waals surface area contributed by atoms with Crippen LogP contribution in [0.4, 0.5) is 5.69 Å². The smallest absolute Gasteiger partial charge is 0.326 e. The molecule has 1 aliphatic rings. The molecule has 1 N–H and O–H groups in total. The van der Waals surface area contributed by atoms with Crippen molar-refractivity contribution in [2.24, 2.45) is 5.92 Å². The SMILES string of the molecule is CC(C)C[C@@H](C(=O)O)N1C(=O)/C(=C/c2ccc([N+](=O)[O-])cc2)SC1=S. The van der Waals surface area contributed by atoms with Crippen LogP contribution in [-0.2, 0) is 9.59 Å². The molecule has 0 bridgehead atoms. The minimum Gasteiger partial charge on any atom is -0.480 e. The van der Waals surface area contributed by atoms with E-state index in [2.05, 4.69) is 0 Å². The summed E-state index contributed by atoms with van der Waals surface area (Å²) in [7, 11) is 0. The molecule has 1 aromatic carbocycles. The van der Waals surface area contributed by atoms with Crippen LogP contribution in [-0.4, -0.2) is 37.2 Å². The van der Waals surface area contributed by atoms with E-state index < -0.39 is 22.8 Å². The summed E-state index contributed by atoms with van der Waals surface area (Å²) in [5.74, 6) is -1.47. The second-order valence-electron chi connectivity index (χ2n) is 5.88. The number of hydrogen-bond acceptors (Lipinski definition) is 6. The molecule has 9 heteroatoms. The first-order valence-electron chi connectivity index (χ1n) is 7.45. The number of rotatable bonds is 6. The number of hydrogen-bond donors (Lipinski definition) is 1. The van der Waals surface area contributed by atoms with Gasteiger partial charge in [0.15, 0.2) is 0 Å². The number of nitrogens with zero attached hydrogens (tertiary/aromatic N) is 2. The fourth-order valence-electron chi connectivity index (χ4n) is 2.36. The molecule has 1 saturated heterocycles. The Hall–Kier alpha value is -2.26. The number of carbonyl (C=O) groups excluding carboxylic acids is 1. The summed E-state index contributed by atoms with van der Waals surface area (Å²) in [5.41, 5.74) is 0.550. The van der Waals surface area contributed by atoms with Crippen molar-refractivity contribution in [1.29, 1.82) is 0 Å². The first-order chi connectivity index (χ1) is 11.7. The Morgan fingerprint density at radius 2 is 2.00 bits per heavy atom. The third-order valence-electron chi connectivity index (χ3n) is 3.52. The molecule has 1 aromatic rings. The maximum atomic E-state index is 12.6. The summed E-state index contributed by atoms with van der Waals surface area (Å²) in [6.45, 7) is 3.75. The van der Waals surface area contributed by atoms with Gasteiger partial charge in [-0.3, -0.25) is 19.8 Å². The van der Waals surface area contributed by atoms with Gasteiger partial charge in [0, 0.05) is 12.1 Å². The molecule has 132 valence electrons. The van der Waals surface area contributed by atoms with E-state index >= 15 is 0 Å². The van der Waals surface area contributed by atoms with Crippen molar-refractivity contribution in [2.45, 2.75) is 26.3 Å². The lowest BCUT2D eigenvalue weighted by molar-refractivity contribution is -0.384. The summed E-state index contributed by atoms with van der Waals surface area (Å²) >= 11 is 6.22. The Balaban J connectivity index is 2.27. The molecule has 1 atom stereocenters. The standard InChI is InChI=1S/C16H16N2O5S2/c1-9(2)7-12(15(20)21)17-14(19)13(25-16(17)24)8-10-3-5-11(6-4-10)18(22)23/h3-6,8-9,12H,7H2,1-2H3,(H,20,21)/b13-8-/t12-/m0/s1. The molecule has 25 heavy (non-hydrogen) atoms. The average Bonchev–Trinajstić information content (AvgIpc) is 2.79. The van der Waals surface area contributed by atoms with E-state index in [0.717, 1.165) is 16.7 Å². The van der Waals surface area contributed by atoms with Gasteiger partial charge in [-0.25, -0.2) is 4.79 Å². The van der Waals surface area contributed by atoms with Crippen molar-refractivity contribution in [1.82, 2.24) is 4.90 Å². The van der Waals surface area contributed by atoms with Crippen LogP contribution in [0.1, 0.15) is 25.8 Å². The summed E-state index contributed by atoms with van der Waals surface area (Å²) in [4.78, 5) is 35.7. The normalized spacial score (nSPS) is 17.4. The zero-order valence-electron chi connectivity index (χ0n) is 13.5. The molecule has 0 aromatic heterocycles. The van der Waals surface area contributed by atoms with Crippen LogP contribution in [0.2, 0.25) is 0 Å². The number of benzene rings is 1. The van der Waals surface area contributed by atoms with E-state index in [1.807, 2.05) is 13.8 Å². The van der Waals surface area contributed by atoms with Crippen LogP contribution in [0.15, 0.2) is 29.2 Å². The lowest BCUT2D eigenvalue weighted by atomic mass is 10.0. The molecule has 0 unspecified atom stereocenters. The van der Waals surface area contributed by atoms with Gasteiger partial charge < -0.3 is 5.11 Å². The molecular formula is C16H16N2O5S2. The van der Waals surface area contributed by atoms with Crippen molar-refractivity contribution < 1.29 is 19.6 Å². The van der Waals surface area contributed by atoms with Crippen LogP contribution in [0.3, 0.4) is 0 Å². The van der Waals surface area contributed by atoms with Crippen molar-refractivity contribution in [3.05, 3.63) is 44.8 Å². The van der Waals surface area contributed by atoms with E-state index in [1.54, 1.807) is 6.08 Å². The third-order valence-corrected chi connectivity index (χ3v) is 4.85. The van der Waals surface area contributed by atoms with Crippen LogP contribution >= 0.6 is 24.0 Å². The van der Waals surface area contributed by atoms with Crippen LogP contribution < -0.4 is 0 Å². The molecule has 1 amide bonds. The number of nitro groups is 1. The van der Waals surface area contributed by atoms with Gasteiger partial charge in [0.25, 0.3) is 11.6 Å². The minimum absolute atomic E-state index is 0.0485. The highest BCUT2D eigenvalue weighted by molar-refractivity contribution is 8.26. The highest BCUT2D eigenvalue weighted by atomic mass is 32.2. The molecular weight excluding hydrogens is 364 g/mol. The van der Waals surface area contributed by atoms with E-state index in [-0.39, 0.29) is 15.9 Å². The van der Waals surface area contributed by atoms with Crippen LogP contribution in [0, 0.1) is 16.0 Å². The summed E-state index contributed by atoms with van der Waals surface area (Å²) in [6, 6.07) is 4.72. The predicted molar refractivity (Wildman–Crippen MR) is 99.0 cm³/mol. The van der Waals surface area contributed by atoms with Crippen molar-refractivity contribution in [3.8, 4) is 0 Å². The van der Waals surface area contributed by atoms with Gasteiger partial charge in [-0.2, -0.15) is 0 Å². The van der Waals surface area contributed by atoms with Gasteiger partial charge in [-0.15, -0.1) is 0 Å². The number of aliphatic carboxylic acids is 1. The molecule has 1 heterocycles. The molecule has 1 fully saturated rings. The van der Waals surface area contributed by atoms with E-state index in [1.165, 1.54) is 24.3 Å².